The lowest BCUT2D eigenvalue weighted by atomic mass is 9.88. The quantitative estimate of drug-likeness (QED) is 0.327. The number of ether oxygens (including phenoxy) is 1. The number of carbonyl (C=O) groups is 2. The van der Waals surface area contributed by atoms with Crippen molar-refractivity contribution in [3.05, 3.63) is 11.8 Å². The number of alkyl halides is 2. The lowest BCUT2D eigenvalue weighted by Crippen LogP contribution is -2.50. The summed E-state index contributed by atoms with van der Waals surface area (Å²) in [6.45, 7) is -1.83. The van der Waals surface area contributed by atoms with E-state index in [9.17, 15) is 23.5 Å². The molecule has 1 aromatic rings. The molecular weight excluding hydrogens is 474 g/mol. The Balaban J connectivity index is 1.43. The van der Waals surface area contributed by atoms with Crippen molar-refractivity contribution >= 4 is 29.8 Å². The summed E-state index contributed by atoms with van der Waals surface area (Å²) in [7, 11) is 0. The Hall–Kier alpha value is -2.73. The molecule has 198 valence electrons. The second-order valence-corrected chi connectivity index (χ2v) is 9.71. The molecule has 2 amide bonds. The number of anilines is 1. The van der Waals surface area contributed by atoms with Gasteiger partial charge in [-0.1, -0.05) is 0 Å². The SMILES string of the molecule is O=C(N[C@H]1CCCN(C(=O)C2CC2)C1)c1cnc(NCCOC(F)F)nc1N=CC1CCC(O)CC1. The Bertz CT molecular complexity index is 937. The van der Waals surface area contributed by atoms with E-state index < -0.39 is 6.61 Å². The molecule has 10 nitrogen and oxygen atoms in total. The molecule has 0 unspecified atom stereocenters. The highest BCUT2D eigenvalue weighted by molar-refractivity contribution is 5.98. The molecule has 36 heavy (non-hydrogen) atoms. The molecule has 1 saturated heterocycles. The topological polar surface area (TPSA) is 129 Å². The third-order valence-corrected chi connectivity index (χ3v) is 6.79. The number of nitrogens with zero attached hydrogens (tertiary/aromatic N) is 4. The van der Waals surface area contributed by atoms with Gasteiger partial charge in [-0.25, -0.2) is 9.98 Å². The zero-order chi connectivity index (χ0) is 25.5. The van der Waals surface area contributed by atoms with Crippen LogP contribution in [0.15, 0.2) is 11.2 Å². The predicted molar refractivity (Wildman–Crippen MR) is 128 cm³/mol. The van der Waals surface area contributed by atoms with Crippen LogP contribution in [0.4, 0.5) is 20.5 Å². The van der Waals surface area contributed by atoms with Gasteiger partial charge in [-0.05, 0) is 57.3 Å². The zero-order valence-electron chi connectivity index (χ0n) is 20.2. The van der Waals surface area contributed by atoms with Gasteiger partial charge in [-0.15, -0.1) is 0 Å². The molecule has 2 saturated carbocycles. The summed E-state index contributed by atoms with van der Waals surface area (Å²) in [6.07, 6.45) is 9.29. The molecule has 12 heteroatoms. The average Bonchev–Trinajstić information content (AvgIpc) is 3.71. The maximum Gasteiger partial charge on any atom is 0.345 e. The largest absolute Gasteiger partial charge is 0.393 e. The maximum absolute atomic E-state index is 13.2. The van der Waals surface area contributed by atoms with Crippen LogP contribution in [0.2, 0.25) is 0 Å². The molecule has 1 aliphatic heterocycles. The van der Waals surface area contributed by atoms with Gasteiger partial charge in [0.2, 0.25) is 11.9 Å². The van der Waals surface area contributed by atoms with Crippen LogP contribution in [0.1, 0.15) is 61.7 Å². The van der Waals surface area contributed by atoms with E-state index >= 15 is 0 Å². The van der Waals surface area contributed by atoms with Crippen LogP contribution >= 0.6 is 0 Å². The molecule has 4 rings (SSSR count). The number of halogens is 2. The van der Waals surface area contributed by atoms with Gasteiger partial charge in [0.05, 0.1) is 12.7 Å². The smallest absolute Gasteiger partial charge is 0.345 e. The summed E-state index contributed by atoms with van der Waals surface area (Å²) >= 11 is 0. The highest BCUT2D eigenvalue weighted by atomic mass is 19.3. The molecule has 0 spiro atoms. The van der Waals surface area contributed by atoms with Crippen molar-refractivity contribution in [1.82, 2.24) is 20.2 Å². The second-order valence-electron chi connectivity index (χ2n) is 9.71. The summed E-state index contributed by atoms with van der Waals surface area (Å²) in [6, 6.07) is -0.171. The molecule has 1 aromatic heterocycles. The molecule has 0 aromatic carbocycles. The third-order valence-electron chi connectivity index (χ3n) is 6.79. The van der Waals surface area contributed by atoms with E-state index in [2.05, 4.69) is 30.3 Å². The minimum absolute atomic E-state index is 0.0620. The number of likely N-dealkylation sites (tertiary alicyclic amines) is 1. The van der Waals surface area contributed by atoms with Crippen molar-refractivity contribution < 1.29 is 28.2 Å². The second kappa shape index (κ2) is 12.5. The van der Waals surface area contributed by atoms with Crippen LogP contribution < -0.4 is 10.6 Å². The molecular formula is C24H34F2N6O4. The van der Waals surface area contributed by atoms with Crippen molar-refractivity contribution in [2.45, 2.75) is 70.1 Å². The fourth-order valence-corrected chi connectivity index (χ4v) is 4.60. The third kappa shape index (κ3) is 7.63. The predicted octanol–water partition coefficient (Wildman–Crippen LogP) is 2.51. The number of carbonyl (C=O) groups excluding carboxylic acids is 2. The van der Waals surface area contributed by atoms with E-state index in [1.807, 2.05) is 4.90 Å². The molecule has 3 aliphatic rings. The number of hydrogen-bond acceptors (Lipinski definition) is 8. The Morgan fingerprint density at radius 3 is 2.72 bits per heavy atom. The van der Waals surface area contributed by atoms with Crippen molar-refractivity contribution in [1.29, 1.82) is 0 Å². The highest BCUT2D eigenvalue weighted by Gasteiger charge is 2.35. The lowest BCUT2D eigenvalue weighted by Gasteiger charge is -2.33. The highest BCUT2D eigenvalue weighted by Crippen LogP contribution is 2.32. The first kappa shape index (κ1) is 26.3. The molecule has 1 atom stereocenters. The minimum atomic E-state index is -2.86. The summed E-state index contributed by atoms with van der Waals surface area (Å²) in [4.78, 5) is 40.4. The van der Waals surface area contributed by atoms with Crippen LogP contribution in [0.25, 0.3) is 0 Å². The fourth-order valence-electron chi connectivity index (χ4n) is 4.60. The van der Waals surface area contributed by atoms with Crippen LogP contribution in [0.5, 0.6) is 0 Å². The summed E-state index contributed by atoms with van der Waals surface area (Å²) in [5, 5.41) is 15.5. The number of hydrogen-bond donors (Lipinski definition) is 3. The summed E-state index contributed by atoms with van der Waals surface area (Å²) in [5.74, 6) is 0.421. The van der Waals surface area contributed by atoms with Crippen molar-refractivity contribution in [3.8, 4) is 0 Å². The van der Waals surface area contributed by atoms with E-state index in [0.29, 0.717) is 25.9 Å². The number of aliphatic hydroxyl groups is 1. The van der Waals surface area contributed by atoms with Gasteiger partial charge in [0.1, 0.15) is 5.56 Å². The number of rotatable bonds is 10. The van der Waals surface area contributed by atoms with Gasteiger partial charge in [0, 0.05) is 44.0 Å². The average molecular weight is 509 g/mol. The van der Waals surface area contributed by atoms with Crippen molar-refractivity contribution in [3.63, 3.8) is 0 Å². The van der Waals surface area contributed by atoms with E-state index in [0.717, 1.165) is 38.5 Å². The molecule has 0 bridgehead atoms. The molecule has 3 N–H and O–H groups in total. The molecule has 2 heterocycles. The summed E-state index contributed by atoms with van der Waals surface area (Å²) in [5.41, 5.74) is 0.196. The van der Waals surface area contributed by atoms with Gasteiger partial charge in [-0.2, -0.15) is 13.8 Å². The van der Waals surface area contributed by atoms with Gasteiger partial charge >= 0.3 is 6.61 Å². The number of amides is 2. The number of nitrogens with one attached hydrogen (secondary N) is 2. The Morgan fingerprint density at radius 1 is 1.22 bits per heavy atom. The number of aliphatic imine (C=N–C) groups is 1. The minimum Gasteiger partial charge on any atom is -0.393 e. The first-order valence-corrected chi connectivity index (χ1v) is 12.7. The van der Waals surface area contributed by atoms with Gasteiger partial charge < -0.3 is 25.4 Å². The van der Waals surface area contributed by atoms with Crippen LogP contribution in [-0.4, -0.2) is 83.0 Å². The number of aromatic nitrogens is 2. The fraction of sp³-hybridized carbons (Fsp3) is 0.708. The molecule has 2 aliphatic carbocycles. The zero-order valence-corrected chi connectivity index (χ0v) is 20.2. The number of aliphatic hydroxyl groups excluding tert-OH is 1. The Morgan fingerprint density at radius 2 is 2.00 bits per heavy atom. The Labute approximate surface area is 208 Å². The van der Waals surface area contributed by atoms with E-state index in [1.165, 1.54) is 6.20 Å². The summed E-state index contributed by atoms with van der Waals surface area (Å²) < 4.78 is 28.6. The van der Waals surface area contributed by atoms with Crippen LogP contribution in [0, 0.1) is 11.8 Å². The Kier molecular flexibility index (Phi) is 9.13. The first-order chi connectivity index (χ1) is 17.4. The van der Waals surface area contributed by atoms with E-state index in [4.69, 9.17) is 0 Å². The van der Waals surface area contributed by atoms with Gasteiger partial charge in [-0.3, -0.25) is 9.59 Å². The van der Waals surface area contributed by atoms with Crippen LogP contribution in [-0.2, 0) is 9.53 Å². The van der Waals surface area contributed by atoms with E-state index in [1.54, 1.807) is 6.21 Å². The maximum atomic E-state index is 13.2. The standard InChI is InChI=1S/C24H34F2N6O4/c25-23(26)36-11-9-27-24-29-13-19(20(31-24)28-12-15-3-7-18(33)8-4-15)21(34)30-17-2-1-10-32(14-17)22(35)16-5-6-16/h12-13,15-18,23,33H,1-11,14H2,(H,30,34)(H,27,29,31)/t15?,17-,18?/m0/s1. The van der Waals surface area contributed by atoms with Gasteiger partial charge in [0.15, 0.2) is 5.82 Å². The first-order valence-electron chi connectivity index (χ1n) is 12.7. The number of piperidine rings is 1. The normalized spacial score (nSPS) is 24.8. The molecule has 0 radical (unpaired) electrons. The van der Waals surface area contributed by atoms with Gasteiger partial charge in [0.25, 0.3) is 5.91 Å². The molecule has 3 fully saturated rings. The van der Waals surface area contributed by atoms with Crippen LogP contribution in [0.3, 0.4) is 0 Å². The van der Waals surface area contributed by atoms with Crippen molar-refractivity contribution in [2.24, 2.45) is 16.8 Å². The van der Waals surface area contributed by atoms with E-state index in [-0.39, 0.29) is 66.3 Å². The monoisotopic (exact) mass is 508 g/mol. The lowest BCUT2D eigenvalue weighted by molar-refractivity contribution is -0.133. The van der Waals surface area contributed by atoms with Crippen molar-refractivity contribution in [2.75, 3.05) is 31.6 Å².